The number of fused-ring (bicyclic) bond motifs is 4. The van der Waals surface area contributed by atoms with Gasteiger partial charge in [-0.25, -0.2) is 0 Å². The number of hydrogen-bond acceptors (Lipinski definition) is 10. The monoisotopic (exact) mass is 726 g/mol. The third-order valence-corrected chi connectivity index (χ3v) is 16.9. The van der Waals surface area contributed by atoms with Crippen LogP contribution in [0.15, 0.2) is 0 Å². The zero-order valence-electron chi connectivity index (χ0n) is 32.7. The average molecular weight is 727 g/mol. The molecule has 12 atom stereocenters. The van der Waals surface area contributed by atoms with Gasteiger partial charge in [0.25, 0.3) is 0 Å². The maximum Gasteiger partial charge on any atom is 0.311 e. The van der Waals surface area contributed by atoms with Crippen molar-refractivity contribution in [1.29, 1.82) is 0 Å². The Balaban J connectivity index is 0.938. The highest BCUT2D eigenvalue weighted by atomic mass is 16.7. The maximum absolute atomic E-state index is 13.2. The molecule has 0 aromatic rings. The minimum Gasteiger partial charge on any atom is -0.456 e. The minimum absolute atomic E-state index is 0.0207. The molecule has 4 saturated heterocycles. The molecule has 5 saturated carbocycles. The molecule has 52 heavy (non-hydrogen) atoms. The lowest BCUT2D eigenvalue weighted by atomic mass is 9.41. The Hall–Kier alpha value is -0.850. The average Bonchev–Trinajstić information content (AvgIpc) is 3.31. The molecule has 9 aliphatic rings. The number of carbonyl (C=O) groups is 1. The third-order valence-electron chi connectivity index (χ3n) is 16.9. The van der Waals surface area contributed by atoms with Crippen molar-refractivity contribution in [3.8, 4) is 0 Å². The molecule has 4 aliphatic heterocycles. The lowest BCUT2D eigenvalue weighted by molar-refractivity contribution is -0.252. The predicted octanol–water partition coefficient (Wildman–Crippen LogP) is 5.25. The highest BCUT2D eigenvalue weighted by Crippen LogP contribution is 2.90. The van der Waals surface area contributed by atoms with E-state index >= 15 is 0 Å². The van der Waals surface area contributed by atoms with E-state index in [4.69, 9.17) is 28.4 Å². The van der Waals surface area contributed by atoms with Gasteiger partial charge >= 0.3 is 5.97 Å². The van der Waals surface area contributed by atoms with Gasteiger partial charge in [-0.2, -0.15) is 0 Å². The van der Waals surface area contributed by atoms with Gasteiger partial charge in [0.1, 0.15) is 12.2 Å². The van der Waals surface area contributed by atoms with Crippen molar-refractivity contribution in [2.45, 2.75) is 142 Å². The molecular weight excluding hydrogens is 662 g/mol. The van der Waals surface area contributed by atoms with Gasteiger partial charge in [-0.3, -0.25) is 9.69 Å². The summed E-state index contributed by atoms with van der Waals surface area (Å²) in [5, 5.41) is 24.0. The zero-order chi connectivity index (χ0) is 36.6. The van der Waals surface area contributed by atoms with Crippen LogP contribution in [0.4, 0.5) is 0 Å². The van der Waals surface area contributed by atoms with Crippen molar-refractivity contribution in [2.75, 3.05) is 46.1 Å². The first-order chi connectivity index (χ1) is 24.6. The Morgan fingerprint density at radius 2 is 1.81 bits per heavy atom. The molecule has 10 nitrogen and oxygen atoms in total. The maximum atomic E-state index is 13.2. The Morgan fingerprint density at radius 3 is 2.50 bits per heavy atom. The smallest absolute Gasteiger partial charge is 0.311 e. The van der Waals surface area contributed by atoms with Gasteiger partial charge in [-0.15, -0.1) is 0 Å². The number of nitrogens with zero attached hydrogens (tertiary/aromatic N) is 1. The molecule has 0 bridgehead atoms. The predicted molar refractivity (Wildman–Crippen MR) is 191 cm³/mol. The van der Waals surface area contributed by atoms with Crippen LogP contribution in [0.3, 0.4) is 0 Å². The number of aliphatic hydroxyl groups is 2. The van der Waals surface area contributed by atoms with Crippen LogP contribution in [0.2, 0.25) is 0 Å². The summed E-state index contributed by atoms with van der Waals surface area (Å²) in [4.78, 5) is 15.7. The minimum atomic E-state index is -1.34. The summed E-state index contributed by atoms with van der Waals surface area (Å²) in [5.41, 5.74) is -1.50. The van der Waals surface area contributed by atoms with Crippen molar-refractivity contribution in [3.05, 3.63) is 18.1 Å². The van der Waals surface area contributed by atoms with Crippen LogP contribution in [0.1, 0.15) is 106 Å². The van der Waals surface area contributed by atoms with Crippen LogP contribution >= 0.6 is 0 Å². The second-order valence-electron chi connectivity index (χ2n) is 20.1. The summed E-state index contributed by atoms with van der Waals surface area (Å²) in [7, 11) is 0. The Labute approximate surface area is 311 Å². The van der Waals surface area contributed by atoms with Gasteiger partial charge < -0.3 is 38.6 Å². The van der Waals surface area contributed by atoms with Crippen molar-refractivity contribution >= 4 is 5.97 Å². The normalized spacial score (nSPS) is 48.8. The van der Waals surface area contributed by atoms with Crippen LogP contribution in [0.25, 0.3) is 0 Å². The Bertz CT molecular complexity index is 1390. The van der Waals surface area contributed by atoms with Gasteiger partial charge in [-0.1, -0.05) is 34.6 Å². The number of carbonyl (C=O) groups excluding carboxylic acids is 1. The molecule has 5 aliphatic carbocycles. The quantitative estimate of drug-likeness (QED) is 0.338. The molecule has 9 rings (SSSR count). The Kier molecular flexibility index (Phi) is 8.71. The topological polar surface area (TPSA) is 116 Å². The first-order valence-electron chi connectivity index (χ1n) is 20.6. The molecule has 2 N–H and O–H groups in total. The highest BCUT2D eigenvalue weighted by Gasteiger charge is 2.85. The van der Waals surface area contributed by atoms with Crippen LogP contribution in [-0.2, 0) is 33.2 Å². The zero-order valence-corrected chi connectivity index (χ0v) is 32.7. The molecule has 10 heteroatoms. The number of aliphatic hydroxyl groups excluding tert-OH is 1. The van der Waals surface area contributed by atoms with Crippen LogP contribution in [0.5, 0.6) is 0 Å². The molecule has 0 aromatic carbocycles. The lowest BCUT2D eigenvalue weighted by Crippen LogP contribution is -2.60. The number of rotatable bonds is 7. The van der Waals surface area contributed by atoms with Crippen LogP contribution < -0.4 is 0 Å². The van der Waals surface area contributed by atoms with Gasteiger partial charge in [0.15, 0.2) is 12.4 Å². The molecule has 0 amide bonds. The van der Waals surface area contributed by atoms with Crippen molar-refractivity contribution < 1.29 is 43.4 Å². The van der Waals surface area contributed by atoms with Gasteiger partial charge in [0.05, 0.1) is 62.7 Å². The number of ether oxygens (including phenoxy) is 6. The second-order valence-corrected chi connectivity index (χ2v) is 20.1. The van der Waals surface area contributed by atoms with Gasteiger partial charge in [0, 0.05) is 24.5 Å². The fourth-order valence-corrected chi connectivity index (χ4v) is 14.0. The van der Waals surface area contributed by atoms with E-state index in [2.05, 4.69) is 39.5 Å². The van der Waals surface area contributed by atoms with E-state index in [1.165, 1.54) is 19.3 Å². The SMILES string of the molecule is C[C@@H]1C[C]([C@H](OC(=O)C2CCOC2)C(C)(C)O)O[C]2[C@H]1[C@@]1(C)CC[C@@]34C[C@@]35CC[C@H](O[C@H]3CN(C6COC6)CCO3)C(C)(C)[C@@H]5CC[C]4[C@]1(C)[C@H]2O. The summed E-state index contributed by atoms with van der Waals surface area (Å²) in [5.74, 6) is 1.71. The summed E-state index contributed by atoms with van der Waals surface area (Å²) in [6.45, 7) is 20.3. The highest BCUT2D eigenvalue weighted by molar-refractivity contribution is 5.73. The van der Waals surface area contributed by atoms with Crippen LogP contribution in [-0.4, -0.2) is 103 Å². The summed E-state index contributed by atoms with van der Waals surface area (Å²) < 4.78 is 36.9. The summed E-state index contributed by atoms with van der Waals surface area (Å²) in [6.07, 6.45) is 8.57. The van der Waals surface area contributed by atoms with E-state index < -0.39 is 23.2 Å². The standard InChI is InChI=1S/C42H64NO9/c1-24-18-27(35(38(4,5)46)52-36(45)25-11-16-47-20-25)50-33-32(24)39(6)13-14-42-23-41(42)12-10-30(51-31-19-43(15-17-49-31)26-21-48-22-26)37(2,3)28(41)8-9-29(42)40(39,7)34(33)44/h24-26,28,30-32,34-35,44,46H,8-23H2,1-7H3/t24-,25?,28+,30+,31+,32+,34+,35+,39-,40-,41-,42+/m1/s1. The third kappa shape index (κ3) is 5.05. The van der Waals surface area contributed by atoms with Crippen molar-refractivity contribution in [2.24, 2.45) is 50.7 Å². The molecule has 9 fully saturated rings. The first kappa shape index (κ1) is 36.8. The van der Waals surface area contributed by atoms with E-state index in [9.17, 15) is 15.0 Å². The molecule has 0 aromatic heterocycles. The second kappa shape index (κ2) is 12.3. The largest absolute Gasteiger partial charge is 0.456 e. The number of hydrogen-bond donors (Lipinski definition) is 2. The van der Waals surface area contributed by atoms with Gasteiger partial charge in [-0.05, 0) is 111 Å². The van der Waals surface area contributed by atoms with E-state index in [1.807, 2.05) is 0 Å². The first-order valence-corrected chi connectivity index (χ1v) is 20.6. The molecule has 3 radical (unpaired) electrons. The van der Waals surface area contributed by atoms with E-state index in [1.54, 1.807) is 19.8 Å². The Morgan fingerprint density at radius 1 is 1.02 bits per heavy atom. The van der Waals surface area contributed by atoms with Crippen molar-refractivity contribution in [3.63, 3.8) is 0 Å². The molecule has 291 valence electrons. The number of morpholine rings is 1. The fraction of sp³-hybridized carbons (Fsp3) is 0.905. The molecule has 4 heterocycles. The summed E-state index contributed by atoms with van der Waals surface area (Å²) in [6, 6.07) is 0.498. The fourth-order valence-electron chi connectivity index (χ4n) is 14.0. The van der Waals surface area contributed by atoms with E-state index in [-0.39, 0.29) is 57.8 Å². The van der Waals surface area contributed by atoms with Gasteiger partial charge in [0.2, 0.25) is 0 Å². The van der Waals surface area contributed by atoms with E-state index in [0.717, 1.165) is 58.1 Å². The number of esters is 1. The van der Waals surface area contributed by atoms with Crippen LogP contribution in [0, 0.1) is 68.9 Å². The molecule has 1 unspecified atom stereocenters. The molecule has 2 spiro atoms. The summed E-state index contributed by atoms with van der Waals surface area (Å²) >= 11 is 0. The molecular formula is C42H64NO9. The lowest BCUT2D eigenvalue weighted by Gasteiger charge is -2.63. The van der Waals surface area contributed by atoms with Crippen molar-refractivity contribution in [1.82, 2.24) is 4.90 Å². The van der Waals surface area contributed by atoms with E-state index in [0.29, 0.717) is 50.7 Å².